The van der Waals surface area contributed by atoms with Crippen molar-refractivity contribution < 1.29 is 24.5 Å². The van der Waals surface area contributed by atoms with Crippen molar-refractivity contribution >= 4 is 29.5 Å². The number of methoxy groups -OCH3 is 1. The summed E-state index contributed by atoms with van der Waals surface area (Å²) in [6, 6.07) is 1.21. The Morgan fingerprint density at radius 3 is 2.50 bits per heavy atom. The van der Waals surface area contributed by atoms with Crippen LogP contribution in [0.15, 0.2) is 6.07 Å². The van der Waals surface area contributed by atoms with E-state index in [0.29, 0.717) is 56.5 Å². The van der Waals surface area contributed by atoms with Gasteiger partial charge in [-0.25, -0.2) is 0 Å². The van der Waals surface area contributed by atoms with E-state index in [9.17, 15) is 15.0 Å². The average Bonchev–Trinajstić information content (AvgIpc) is 3.04. The van der Waals surface area contributed by atoms with E-state index in [1.165, 1.54) is 13.2 Å². The largest absolute Gasteiger partial charge is 0.508 e. The molecule has 0 bridgehead atoms. The van der Waals surface area contributed by atoms with Crippen molar-refractivity contribution in [2.75, 3.05) is 7.11 Å². The van der Waals surface area contributed by atoms with E-state index >= 15 is 0 Å². The number of carbonyl (C=O) groups excluding carboxylic acids is 1. The Hall–Kier alpha value is -2.11. The molecule has 7 heteroatoms. The second kappa shape index (κ2) is 6.19. The Morgan fingerprint density at radius 2 is 1.89 bits per heavy atom. The lowest BCUT2D eigenvalue weighted by Crippen LogP contribution is -2.44. The number of phenols is 2. The maximum atomic E-state index is 11.8. The van der Waals surface area contributed by atoms with Crippen molar-refractivity contribution in [1.29, 1.82) is 0 Å². The van der Waals surface area contributed by atoms with Crippen LogP contribution in [-0.2, 0) is 6.42 Å². The maximum Gasteiger partial charge on any atom is 0.154 e. The molecule has 5 nitrogen and oxygen atoms in total. The average molecular weight is 423 g/mol. The predicted molar refractivity (Wildman–Crippen MR) is 107 cm³/mol. The number of aromatic hydroxyl groups is 2. The third-order valence-corrected chi connectivity index (χ3v) is 6.96. The summed E-state index contributed by atoms with van der Waals surface area (Å²) < 4.78 is 11.9. The van der Waals surface area contributed by atoms with Crippen LogP contribution in [-0.4, -0.2) is 29.2 Å². The van der Waals surface area contributed by atoms with Crippen molar-refractivity contribution in [1.82, 2.24) is 0 Å². The molecular weight excluding hydrogens is 403 g/mol. The van der Waals surface area contributed by atoms with Crippen molar-refractivity contribution in [3.05, 3.63) is 43.9 Å². The molecule has 4 rings (SSSR count). The van der Waals surface area contributed by atoms with Gasteiger partial charge in [-0.2, -0.15) is 0 Å². The lowest BCUT2D eigenvalue weighted by atomic mass is 9.73. The fourth-order valence-electron chi connectivity index (χ4n) is 4.66. The van der Waals surface area contributed by atoms with Gasteiger partial charge in [0.05, 0.1) is 22.7 Å². The zero-order valence-corrected chi connectivity index (χ0v) is 17.4. The summed E-state index contributed by atoms with van der Waals surface area (Å²) in [6.07, 6.45) is 1.09. The quantitative estimate of drug-likeness (QED) is 0.665. The minimum Gasteiger partial charge on any atom is -0.508 e. The van der Waals surface area contributed by atoms with Crippen LogP contribution in [0, 0.1) is 12.8 Å². The maximum absolute atomic E-state index is 11.8. The number of ether oxygens (including phenoxy) is 2. The molecule has 1 aliphatic heterocycles. The number of fused-ring (bicyclic) bond motifs is 5. The molecule has 2 aromatic rings. The van der Waals surface area contributed by atoms with Crippen molar-refractivity contribution in [3.63, 3.8) is 0 Å². The summed E-state index contributed by atoms with van der Waals surface area (Å²) in [5.74, 6) is 0.0765. The second-order valence-electron chi connectivity index (χ2n) is 7.86. The van der Waals surface area contributed by atoms with Crippen LogP contribution in [0.3, 0.4) is 0 Å². The number of halogens is 2. The zero-order valence-electron chi connectivity index (χ0n) is 15.9. The smallest absolute Gasteiger partial charge is 0.154 e. The number of carbonyl (C=O) groups is 1. The molecule has 0 fully saturated rings. The summed E-state index contributed by atoms with van der Waals surface area (Å²) in [5.41, 5.74) is 1.98. The topological polar surface area (TPSA) is 76.0 Å². The number of benzene rings is 2. The van der Waals surface area contributed by atoms with Gasteiger partial charge in [0.25, 0.3) is 0 Å². The standard InChI is InChI=1S/C21H20Cl2O5/c1-8-17(22)19(27-4)16-15-11(21(2,3)28-20(16)18(8)23)5-9-12(25)6-13(26)10(7-24)14(9)15/h6-7,11,15,25-26H,5H2,1-4H3. The fourth-order valence-corrected chi connectivity index (χ4v) is 5.21. The first kappa shape index (κ1) is 19.2. The first-order chi connectivity index (χ1) is 13.1. The molecule has 148 valence electrons. The molecule has 0 aromatic heterocycles. The third-order valence-electron chi connectivity index (χ3n) is 6.05. The SMILES string of the molecule is COc1c(Cl)c(C)c(Cl)c2c1C1c3c(C=O)c(O)cc(O)c3CC1C(C)(C)O2. The van der Waals surface area contributed by atoms with Crippen molar-refractivity contribution in [2.45, 2.75) is 38.7 Å². The predicted octanol–water partition coefficient (Wildman–Crippen LogP) is 5.01. The lowest BCUT2D eigenvalue weighted by Gasteiger charge is -2.43. The van der Waals surface area contributed by atoms with Gasteiger partial charge in [0.15, 0.2) is 6.29 Å². The van der Waals surface area contributed by atoms with E-state index in [1.54, 1.807) is 6.92 Å². The molecule has 0 radical (unpaired) electrons. The molecule has 2 N–H and O–H groups in total. The van der Waals surface area contributed by atoms with Gasteiger partial charge in [-0.3, -0.25) is 4.79 Å². The van der Waals surface area contributed by atoms with Gasteiger partial charge in [0, 0.05) is 23.5 Å². The van der Waals surface area contributed by atoms with Gasteiger partial charge in [-0.1, -0.05) is 23.2 Å². The van der Waals surface area contributed by atoms with Gasteiger partial charge in [0.1, 0.15) is 28.6 Å². The molecule has 1 heterocycles. The van der Waals surface area contributed by atoms with E-state index in [0.717, 1.165) is 0 Å². The highest BCUT2D eigenvalue weighted by atomic mass is 35.5. The monoisotopic (exact) mass is 422 g/mol. The first-order valence-electron chi connectivity index (χ1n) is 8.91. The molecule has 0 saturated carbocycles. The van der Waals surface area contributed by atoms with Crippen LogP contribution in [0.5, 0.6) is 23.0 Å². The van der Waals surface area contributed by atoms with Crippen LogP contribution in [0.2, 0.25) is 10.0 Å². The zero-order chi connectivity index (χ0) is 20.5. The summed E-state index contributed by atoms with van der Waals surface area (Å²) in [7, 11) is 1.51. The Balaban J connectivity index is 2.15. The van der Waals surface area contributed by atoms with Crippen LogP contribution in [0.25, 0.3) is 0 Å². The molecule has 0 amide bonds. The highest BCUT2D eigenvalue weighted by Crippen LogP contribution is 2.62. The van der Waals surface area contributed by atoms with E-state index < -0.39 is 5.60 Å². The number of rotatable bonds is 2. The van der Waals surface area contributed by atoms with E-state index in [2.05, 4.69) is 0 Å². The minimum absolute atomic E-state index is 0.0480. The van der Waals surface area contributed by atoms with E-state index in [-0.39, 0.29) is 28.9 Å². The summed E-state index contributed by atoms with van der Waals surface area (Å²) >= 11 is 13.1. The van der Waals surface area contributed by atoms with Gasteiger partial charge < -0.3 is 19.7 Å². The molecule has 28 heavy (non-hydrogen) atoms. The van der Waals surface area contributed by atoms with Gasteiger partial charge in [-0.15, -0.1) is 0 Å². The minimum atomic E-state index is -0.645. The number of hydrogen-bond donors (Lipinski definition) is 2. The highest BCUT2D eigenvalue weighted by molar-refractivity contribution is 6.38. The van der Waals surface area contributed by atoms with Crippen LogP contribution in [0.4, 0.5) is 0 Å². The summed E-state index contributed by atoms with van der Waals surface area (Å²) in [4.78, 5) is 11.8. The third kappa shape index (κ3) is 2.36. The van der Waals surface area contributed by atoms with Crippen LogP contribution in [0.1, 0.15) is 52.4 Å². The molecule has 2 atom stereocenters. The first-order valence-corrected chi connectivity index (χ1v) is 9.66. The van der Waals surface area contributed by atoms with Crippen molar-refractivity contribution in [2.24, 2.45) is 5.92 Å². The van der Waals surface area contributed by atoms with Gasteiger partial charge in [-0.05, 0) is 43.9 Å². The van der Waals surface area contributed by atoms with Crippen molar-refractivity contribution in [3.8, 4) is 23.0 Å². The number of hydrogen-bond acceptors (Lipinski definition) is 5. The fraction of sp³-hybridized carbons (Fsp3) is 0.381. The summed E-state index contributed by atoms with van der Waals surface area (Å²) in [5, 5.41) is 21.5. The highest BCUT2D eigenvalue weighted by Gasteiger charge is 2.53. The molecule has 2 aliphatic rings. The summed E-state index contributed by atoms with van der Waals surface area (Å²) in [6.45, 7) is 5.68. The number of aldehydes is 1. The Morgan fingerprint density at radius 1 is 1.21 bits per heavy atom. The lowest BCUT2D eigenvalue weighted by molar-refractivity contribution is 0.0221. The Kier molecular flexibility index (Phi) is 4.25. The molecule has 0 saturated heterocycles. The molecule has 0 spiro atoms. The van der Waals surface area contributed by atoms with Crippen LogP contribution >= 0.6 is 23.2 Å². The molecule has 2 aromatic carbocycles. The Bertz CT molecular complexity index is 1030. The van der Waals surface area contributed by atoms with E-state index in [1.807, 2.05) is 13.8 Å². The molecular formula is C21H20Cl2O5. The molecule has 1 aliphatic carbocycles. The van der Waals surface area contributed by atoms with Crippen LogP contribution < -0.4 is 9.47 Å². The number of phenolic OH excluding ortho intramolecular Hbond substituents is 2. The van der Waals surface area contributed by atoms with Gasteiger partial charge in [0.2, 0.25) is 0 Å². The second-order valence-corrected chi connectivity index (χ2v) is 8.62. The van der Waals surface area contributed by atoms with E-state index in [4.69, 9.17) is 32.7 Å². The van der Waals surface area contributed by atoms with Gasteiger partial charge >= 0.3 is 0 Å². The normalized spacial score (nSPS) is 21.4. The Labute approximate surface area is 172 Å². The molecule has 2 unspecified atom stereocenters.